The number of aromatic nitrogens is 1. The second-order valence-corrected chi connectivity index (χ2v) is 9.50. The van der Waals surface area contributed by atoms with Gasteiger partial charge in [-0.25, -0.2) is 0 Å². The van der Waals surface area contributed by atoms with Crippen LogP contribution in [0.2, 0.25) is 0 Å². The van der Waals surface area contributed by atoms with Crippen LogP contribution in [0.15, 0.2) is 72.6 Å². The van der Waals surface area contributed by atoms with E-state index >= 15 is 0 Å². The van der Waals surface area contributed by atoms with Gasteiger partial charge in [0.05, 0.1) is 31.4 Å². The van der Waals surface area contributed by atoms with Gasteiger partial charge in [0.15, 0.2) is 11.5 Å². The number of ketones is 1. The van der Waals surface area contributed by atoms with E-state index in [9.17, 15) is 14.7 Å². The number of unbranched alkanes of at least 4 members (excludes halogenated alkanes) is 1. The minimum Gasteiger partial charge on any atom is -0.507 e. The first-order valence-corrected chi connectivity index (χ1v) is 13.8. The monoisotopic (exact) mass is 544 g/mol. The van der Waals surface area contributed by atoms with Crippen LogP contribution in [-0.2, 0) is 16.1 Å². The van der Waals surface area contributed by atoms with E-state index in [4.69, 9.17) is 14.2 Å². The van der Waals surface area contributed by atoms with Crippen molar-refractivity contribution >= 4 is 17.4 Å². The topological polar surface area (TPSA) is 98.2 Å². The van der Waals surface area contributed by atoms with E-state index < -0.39 is 17.7 Å². The zero-order valence-electron chi connectivity index (χ0n) is 23.3. The van der Waals surface area contributed by atoms with E-state index in [-0.39, 0.29) is 17.9 Å². The maximum atomic E-state index is 13.5. The lowest BCUT2D eigenvalue weighted by molar-refractivity contribution is -0.140. The number of benzene rings is 2. The van der Waals surface area contributed by atoms with Crippen LogP contribution in [0.3, 0.4) is 0 Å². The Labute approximate surface area is 235 Å². The van der Waals surface area contributed by atoms with E-state index in [1.165, 1.54) is 4.90 Å². The number of rotatable bonds is 13. The lowest BCUT2D eigenvalue weighted by atomic mass is 9.94. The van der Waals surface area contributed by atoms with Crippen LogP contribution in [0.5, 0.6) is 17.2 Å². The highest BCUT2D eigenvalue weighted by Crippen LogP contribution is 2.43. The Bertz CT molecular complexity index is 1340. The molecule has 1 amide bonds. The fourth-order valence-corrected chi connectivity index (χ4v) is 4.57. The standard InChI is InChI=1S/C32H36N2O6/c1-4-7-19-40-26-13-10-24(20-27(26)38-6-3)29-28(30(35)23-8-11-25(12-9-23)39-18-5-2)31(36)32(37)34(29)21-22-14-16-33-17-15-22/h8-17,20,29,35H,4-7,18-19,21H2,1-3H3. The van der Waals surface area contributed by atoms with Crippen LogP contribution >= 0.6 is 0 Å². The molecule has 210 valence electrons. The van der Waals surface area contributed by atoms with Crippen molar-refractivity contribution in [3.8, 4) is 17.2 Å². The molecule has 1 fully saturated rings. The van der Waals surface area contributed by atoms with Crippen molar-refractivity contribution < 1.29 is 28.9 Å². The van der Waals surface area contributed by atoms with E-state index in [1.807, 2.05) is 19.9 Å². The molecule has 3 aromatic rings. The van der Waals surface area contributed by atoms with E-state index in [0.717, 1.165) is 24.8 Å². The third-order valence-electron chi connectivity index (χ3n) is 6.58. The highest BCUT2D eigenvalue weighted by Gasteiger charge is 2.46. The molecule has 1 saturated heterocycles. The Kier molecular flexibility index (Phi) is 9.78. The molecule has 0 bridgehead atoms. The van der Waals surface area contributed by atoms with Crippen molar-refractivity contribution in [1.82, 2.24) is 9.88 Å². The Hall–Kier alpha value is -4.33. The van der Waals surface area contributed by atoms with Crippen LogP contribution in [0.4, 0.5) is 0 Å². The van der Waals surface area contributed by atoms with Gasteiger partial charge < -0.3 is 24.2 Å². The minimum absolute atomic E-state index is 0.0170. The van der Waals surface area contributed by atoms with Crippen molar-refractivity contribution in [2.24, 2.45) is 0 Å². The zero-order chi connectivity index (χ0) is 28.5. The molecule has 1 aromatic heterocycles. The Morgan fingerprint density at radius 2 is 1.62 bits per heavy atom. The molecule has 2 aromatic carbocycles. The Morgan fingerprint density at radius 3 is 2.30 bits per heavy atom. The summed E-state index contributed by atoms with van der Waals surface area (Å²) in [6.45, 7) is 7.69. The molecular formula is C32H36N2O6. The molecule has 0 saturated carbocycles. The maximum absolute atomic E-state index is 13.5. The quantitative estimate of drug-likeness (QED) is 0.121. The second kappa shape index (κ2) is 13.6. The molecule has 8 nitrogen and oxygen atoms in total. The average Bonchev–Trinajstić information content (AvgIpc) is 3.22. The molecule has 0 spiro atoms. The van der Waals surface area contributed by atoms with Crippen molar-refractivity contribution in [3.63, 3.8) is 0 Å². The first-order valence-electron chi connectivity index (χ1n) is 13.8. The minimum atomic E-state index is -0.840. The van der Waals surface area contributed by atoms with Crippen LogP contribution in [0.1, 0.15) is 62.8 Å². The summed E-state index contributed by atoms with van der Waals surface area (Å²) < 4.78 is 17.5. The number of likely N-dealkylation sites (tertiary alicyclic amines) is 1. The van der Waals surface area contributed by atoms with Gasteiger partial charge in [0.1, 0.15) is 11.5 Å². The number of nitrogens with zero attached hydrogens (tertiary/aromatic N) is 2. The predicted molar refractivity (Wildman–Crippen MR) is 152 cm³/mol. The van der Waals surface area contributed by atoms with Gasteiger partial charge in [-0.1, -0.05) is 26.3 Å². The summed E-state index contributed by atoms with van der Waals surface area (Å²) in [5.41, 5.74) is 1.87. The van der Waals surface area contributed by atoms with Gasteiger partial charge in [-0.3, -0.25) is 14.6 Å². The molecule has 1 N–H and O–H groups in total. The molecule has 0 radical (unpaired) electrons. The van der Waals surface area contributed by atoms with Crippen molar-refractivity contribution in [2.45, 2.75) is 52.6 Å². The molecule has 1 unspecified atom stereocenters. The number of carbonyl (C=O) groups is 2. The highest BCUT2D eigenvalue weighted by atomic mass is 16.5. The van der Waals surface area contributed by atoms with E-state index in [1.54, 1.807) is 60.9 Å². The maximum Gasteiger partial charge on any atom is 0.295 e. The molecular weight excluding hydrogens is 508 g/mol. The van der Waals surface area contributed by atoms with Gasteiger partial charge in [0, 0.05) is 24.5 Å². The van der Waals surface area contributed by atoms with E-state index in [0.29, 0.717) is 48.2 Å². The smallest absolute Gasteiger partial charge is 0.295 e. The van der Waals surface area contributed by atoms with Gasteiger partial charge in [-0.2, -0.15) is 0 Å². The van der Waals surface area contributed by atoms with Gasteiger partial charge in [-0.05, 0) is 79.4 Å². The summed E-state index contributed by atoms with van der Waals surface area (Å²) in [4.78, 5) is 32.4. The molecule has 0 aliphatic carbocycles. The van der Waals surface area contributed by atoms with Crippen LogP contribution in [0, 0.1) is 0 Å². The number of Topliss-reactive ketones (excluding diaryl/α,β-unsaturated/α-hetero) is 1. The number of pyridine rings is 1. The number of aliphatic hydroxyl groups excluding tert-OH is 1. The molecule has 8 heteroatoms. The van der Waals surface area contributed by atoms with Crippen LogP contribution in [0.25, 0.3) is 5.76 Å². The normalized spacial score (nSPS) is 16.3. The fraction of sp³-hybridized carbons (Fsp3) is 0.344. The number of hydrogen-bond donors (Lipinski definition) is 1. The fourth-order valence-electron chi connectivity index (χ4n) is 4.57. The first-order chi connectivity index (χ1) is 19.5. The van der Waals surface area contributed by atoms with Crippen molar-refractivity contribution in [2.75, 3.05) is 19.8 Å². The zero-order valence-corrected chi connectivity index (χ0v) is 23.3. The Morgan fingerprint density at radius 1 is 0.875 bits per heavy atom. The lowest BCUT2D eigenvalue weighted by Crippen LogP contribution is -2.29. The van der Waals surface area contributed by atoms with Gasteiger partial charge in [-0.15, -0.1) is 0 Å². The van der Waals surface area contributed by atoms with Crippen LogP contribution in [-0.4, -0.2) is 46.5 Å². The third kappa shape index (κ3) is 6.45. The SMILES string of the molecule is CCCCOc1ccc(C2C(=C(O)c3ccc(OCCC)cc3)C(=O)C(=O)N2Cc2ccncc2)cc1OCC. The molecule has 40 heavy (non-hydrogen) atoms. The van der Waals surface area contributed by atoms with E-state index in [2.05, 4.69) is 11.9 Å². The molecule has 2 heterocycles. The number of aliphatic hydroxyl groups is 1. The summed E-state index contributed by atoms with van der Waals surface area (Å²) in [6, 6.07) is 15.0. The average molecular weight is 545 g/mol. The lowest BCUT2D eigenvalue weighted by Gasteiger charge is -2.26. The second-order valence-electron chi connectivity index (χ2n) is 9.50. The molecule has 4 rings (SSSR count). The van der Waals surface area contributed by atoms with Crippen molar-refractivity contribution in [3.05, 3.63) is 89.3 Å². The summed E-state index contributed by atoms with van der Waals surface area (Å²) in [5.74, 6) is 0.0874. The Balaban J connectivity index is 1.80. The molecule has 1 aliphatic rings. The number of amides is 1. The summed E-state index contributed by atoms with van der Waals surface area (Å²) in [7, 11) is 0. The summed E-state index contributed by atoms with van der Waals surface area (Å²) in [6.07, 6.45) is 6.05. The van der Waals surface area contributed by atoms with Crippen molar-refractivity contribution in [1.29, 1.82) is 0 Å². The summed E-state index contributed by atoms with van der Waals surface area (Å²) >= 11 is 0. The van der Waals surface area contributed by atoms with Gasteiger partial charge >= 0.3 is 0 Å². The van der Waals surface area contributed by atoms with Crippen LogP contribution < -0.4 is 14.2 Å². The third-order valence-corrected chi connectivity index (χ3v) is 6.58. The molecule has 1 aliphatic heterocycles. The molecule has 1 atom stereocenters. The predicted octanol–water partition coefficient (Wildman–Crippen LogP) is 6.07. The highest BCUT2D eigenvalue weighted by molar-refractivity contribution is 6.46. The van der Waals surface area contributed by atoms with Gasteiger partial charge in [0.2, 0.25) is 0 Å². The first kappa shape index (κ1) is 28.7. The number of carbonyl (C=O) groups excluding carboxylic acids is 2. The number of hydrogen-bond acceptors (Lipinski definition) is 7. The largest absolute Gasteiger partial charge is 0.507 e. The van der Waals surface area contributed by atoms with Gasteiger partial charge in [0.25, 0.3) is 11.7 Å². The number of ether oxygens (including phenoxy) is 3. The summed E-state index contributed by atoms with van der Waals surface area (Å²) in [5, 5.41) is 11.4.